The molecular formula is C13H19ClN4O2. The predicted octanol–water partition coefficient (Wildman–Crippen LogP) is 2.56. The van der Waals surface area contributed by atoms with E-state index in [1.807, 2.05) is 0 Å². The lowest BCUT2D eigenvalue weighted by molar-refractivity contribution is -0.385. The first-order valence-corrected chi connectivity index (χ1v) is 6.93. The van der Waals surface area contributed by atoms with Crippen molar-refractivity contribution in [2.75, 3.05) is 32.1 Å². The van der Waals surface area contributed by atoms with Gasteiger partial charge in [0.15, 0.2) is 0 Å². The number of rotatable bonds is 3. The minimum absolute atomic E-state index is 0.0751. The van der Waals surface area contributed by atoms with Crippen molar-refractivity contribution in [3.05, 3.63) is 27.4 Å². The average molecular weight is 299 g/mol. The van der Waals surface area contributed by atoms with Crippen LogP contribution in [0.1, 0.15) is 19.8 Å². The third kappa shape index (κ3) is 2.86. The zero-order chi connectivity index (χ0) is 14.9. The minimum Gasteiger partial charge on any atom is -0.355 e. The molecule has 2 heterocycles. The molecule has 1 aliphatic rings. The van der Waals surface area contributed by atoms with Crippen molar-refractivity contribution >= 4 is 23.1 Å². The zero-order valence-electron chi connectivity index (χ0n) is 12.0. The van der Waals surface area contributed by atoms with Gasteiger partial charge < -0.3 is 9.80 Å². The third-order valence-electron chi connectivity index (χ3n) is 4.24. The Morgan fingerprint density at radius 2 is 2.05 bits per heavy atom. The molecule has 0 saturated carbocycles. The van der Waals surface area contributed by atoms with E-state index in [4.69, 9.17) is 11.6 Å². The Bertz CT molecular complexity index is 513. The molecule has 1 saturated heterocycles. The quantitative estimate of drug-likeness (QED) is 0.634. The molecule has 0 radical (unpaired) electrons. The van der Waals surface area contributed by atoms with Crippen LogP contribution in [-0.4, -0.2) is 47.5 Å². The van der Waals surface area contributed by atoms with Gasteiger partial charge in [0.1, 0.15) is 12.0 Å². The lowest BCUT2D eigenvalue weighted by Gasteiger charge is -2.44. The number of piperidine rings is 1. The van der Waals surface area contributed by atoms with E-state index in [0.29, 0.717) is 10.8 Å². The SMILES string of the molecule is CN(C)C1(C)CCN(c2ncc([N+](=O)[O-])cc2Cl)CC1. The third-order valence-corrected chi connectivity index (χ3v) is 4.52. The molecule has 0 aromatic carbocycles. The van der Waals surface area contributed by atoms with Crippen LogP contribution in [0.15, 0.2) is 12.3 Å². The van der Waals surface area contributed by atoms with Crippen LogP contribution in [-0.2, 0) is 0 Å². The van der Waals surface area contributed by atoms with Crippen LogP contribution in [0, 0.1) is 10.1 Å². The molecule has 1 aliphatic heterocycles. The summed E-state index contributed by atoms with van der Waals surface area (Å²) in [5.41, 5.74) is 0.109. The maximum atomic E-state index is 10.7. The fraction of sp³-hybridized carbons (Fsp3) is 0.615. The number of nitrogens with zero attached hydrogens (tertiary/aromatic N) is 4. The van der Waals surface area contributed by atoms with Gasteiger partial charge in [-0.25, -0.2) is 4.98 Å². The van der Waals surface area contributed by atoms with Gasteiger partial charge in [-0.15, -0.1) is 0 Å². The van der Waals surface area contributed by atoms with Gasteiger partial charge in [0.05, 0.1) is 9.95 Å². The molecule has 7 heteroatoms. The van der Waals surface area contributed by atoms with E-state index >= 15 is 0 Å². The van der Waals surface area contributed by atoms with Crippen LogP contribution in [0.3, 0.4) is 0 Å². The van der Waals surface area contributed by atoms with Gasteiger partial charge in [-0.3, -0.25) is 10.1 Å². The fourth-order valence-corrected chi connectivity index (χ4v) is 2.68. The van der Waals surface area contributed by atoms with E-state index in [0.717, 1.165) is 25.9 Å². The molecule has 0 aliphatic carbocycles. The van der Waals surface area contributed by atoms with E-state index < -0.39 is 4.92 Å². The Labute approximate surface area is 123 Å². The molecule has 0 unspecified atom stereocenters. The second kappa shape index (κ2) is 5.54. The highest BCUT2D eigenvalue weighted by Crippen LogP contribution is 2.32. The monoisotopic (exact) mass is 298 g/mol. The molecule has 110 valence electrons. The number of aromatic nitrogens is 1. The molecule has 6 nitrogen and oxygen atoms in total. The van der Waals surface area contributed by atoms with Gasteiger partial charge in [-0.2, -0.15) is 0 Å². The molecule has 0 atom stereocenters. The Hall–Kier alpha value is -1.40. The standard InChI is InChI=1S/C13H19ClN4O2/c1-13(16(2)3)4-6-17(7-5-13)12-11(14)8-10(9-15-12)18(19)20/h8-9H,4-7H2,1-3H3. The molecule has 0 spiro atoms. The predicted molar refractivity (Wildman–Crippen MR) is 79.4 cm³/mol. The molecule has 2 rings (SSSR count). The molecule has 20 heavy (non-hydrogen) atoms. The van der Waals surface area contributed by atoms with Crippen LogP contribution in [0.2, 0.25) is 5.02 Å². The van der Waals surface area contributed by atoms with Crippen LogP contribution in [0.4, 0.5) is 11.5 Å². The number of hydrogen-bond donors (Lipinski definition) is 0. The normalized spacial score (nSPS) is 18.4. The average Bonchev–Trinajstić information content (AvgIpc) is 2.39. The molecule has 0 bridgehead atoms. The summed E-state index contributed by atoms with van der Waals surface area (Å²) in [6.45, 7) is 3.94. The van der Waals surface area contributed by atoms with E-state index in [1.54, 1.807) is 0 Å². The van der Waals surface area contributed by atoms with E-state index in [9.17, 15) is 10.1 Å². The van der Waals surface area contributed by atoms with Crippen molar-refractivity contribution < 1.29 is 4.92 Å². The topological polar surface area (TPSA) is 62.5 Å². The first kappa shape index (κ1) is 15.0. The maximum Gasteiger partial charge on any atom is 0.289 e. The summed E-state index contributed by atoms with van der Waals surface area (Å²) >= 11 is 6.12. The number of hydrogen-bond acceptors (Lipinski definition) is 5. The molecule has 0 N–H and O–H groups in total. The highest BCUT2D eigenvalue weighted by Gasteiger charge is 2.33. The maximum absolute atomic E-state index is 10.7. The highest BCUT2D eigenvalue weighted by molar-refractivity contribution is 6.33. The lowest BCUT2D eigenvalue weighted by atomic mass is 9.88. The van der Waals surface area contributed by atoms with E-state index in [1.165, 1.54) is 12.3 Å². The highest BCUT2D eigenvalue weighted by atomic mass is 35.5. The van der Waals surface area contributed by atoms with Crippen molar-refractivity contribution in [1.29, 1.82) is 0 Å². The minimum atomic E-state index is -0.484. The molecular weight excluding hydrogens is 280 g/mol. The number of anilines is 1. The summed E-state index contributed by atoms with van der Waals surface area (Å²) in [7, 11) is 4.18. The van der Waals surface area contributed by atoms with Crippen molar-refractivity contribution in [2.24, 2.45) is 0 Å². The second-order valence-corrected chi connectivity index (χ2v) is 6.04. The summed E-state index contributed by atoms with van der Waals surface area (Å²) in [6.07, 6.45) is 3.28. The summed E-state index contributed by atoms with van der Waals surface area (Å²) in [5.74, 6) is 0.637. The molecule has 1 fully saturated rings. The van der Waals surface area contributed by atoms with Gasteiger partial charge in [0.2, 0.25) is 0 Å². The van der Waals surface area contributed by atoms with Gasteiger partial charge in [0, 0.05) is 24.7 Å². The molecule has 1 aromatic heterocycles. The summed E-state index contributed by atoms with van der Waals surface area (Å²) in [5, 5.41) is 11.0. The summed E-state index contributed by atoms with van der Waals surface area (Å²) < 4.78 is 0. The van der Waals surface area contributed by atoms with Crippen LogP contribution in [0.5, 0.6) is 0 Å². The lowest BCUT2D eigenvalue weighted by Crippen LogP contribution is -2.50. The summed E-state index contributed by atoms with van der Waals surface area (Å²) in [6, 6.07) is 1.36. The van der Waals surface area contributed by atoms with Crippen molar-refractivity contribution in [3.8, 4) is 0 Å². The van der Waals surface area contributed by atoms with E-state index in [2.05, 4.69) is 35.8 Å². The first-order chi connectivity index (χ1) is 9.33. The summed E-state index contributed by atoms with van der Waals surface area (Å²) in [4.78, 5) is 18.7. The van der Waals surface area contributed by atoms with Crippen LogP contribution >= 0.6 is 11.6 Å². The van der Waals surface area contributed by atoms with Crippen LogP contribution in [0.25, 0.3) is 0 Å². The van der Waals surface area contributed by atoms with Crippen LogP contribution < -0.4 is 4.90 Å². The second-order valence-electron chi connectivity index (χ2n) is 5.63. The van der Waals surface area contributed by atoms with Gasteiger partial charge in [-0.1, -0.05) is 11.6 Å². The van der Waals surface area contributed by atoms with Crippen molar-refractivity contribution in [1.82, 2.24) is 9.88 Å². The Morgan fingerprint density at radius 1 is 1.45 bits per heavy atom. The molecule has 1 aromatic rings. The Kier molecular flexibility index (Phi) is 4.15. The van der Waals surface area contributed by atoms with E-state index in [-0.39, 0.29) is 11.2 Å². The van der Waals surface area contributed by atoms with Crippen molar-refractivity contribution in [2.45, 2.75) is 25.3 Å². The van der Waals surface area contributed by atoms with Gasteiger partial charge in [-0.05, 0) is 33.9 Å². The number of pyridine rings is 1. The smallest absolute Gasteiger partial charge is 0.289 e. The zero-order valence-corrected chi connectivity index (χ0v) is 12.7. The first-order valence-electron chi connectivity index (χ1n) is 6.56. The Balaban J connectivity index is 2.13. The largest absolute Gasteiger partial charge is 0.355 e. The number of halogens is 1. The number of nitro groups is 1. The molecule has 0 amide bonds. The van der Waals surface area contributed by atoms with Crippen molar-refractivity contribution in [3.63, 3.8) is 0 Å². The fourth-order valence-electron chi connectivity index (χ4n) is 2.40. The van der Waals surface area contributed by atoms with Gasteiger partial charge in [0.25, 0.3) is 5.69 Å². The Morgan fingerprint density at radius 3 is 2.50 bits per heavy atom. The van der Waals surface area contributed by atoms with Gasteiger partial charge >= 0.3 is 0 Å².